The molecule has 0 unspecified atom stereocenters. The minimum Gasteiger partial charge on any atom is -0.497 e. The molecule has 3 rings (SSSR count). The third kappa shape index (κ3) is 3.13. The van der Waals surface area contributed by atoms with Crippen LogP contribution < -0.4 is 9.47 Å². The van der Waals surface area contributed by atoms with Crippen molar-refractivity contribution in [3.63, 3.8) is 0 Å². The summed E-state index contributed by atoms with van der Waals surface area (Å²) in [4.78, 5) is 16.1. The number of benzene rings is 2. The number of rotatable bonds is 5. The first-order valence-electron chi connectivity index (χ1n) is 7.50. The van der Waals surface area contributed by atoms with Crippen molar-refractivity contribution in [2.24, 2.45) is 0 Å². The molecule has 0 amide bonds. The molecule has 0 aliphatic heterocycles. The summed E-state index contributed by atoms with van der Waals surface area (Å²) in [5.74, 6) is 1.55. The van der Waals surface area contributed by atoms with Crippen LogP contribution in [0.1, 0.15) is 10.4 Å². The predicted molar refractivity (Wildman–Crippen MR) is 93.6 cm³/mol. The molecule has 0 saturated carbocycles. The Morgan fingerprint density at radius 1 is 0.750 bits per heavy atom. The van der Waals surface area contributed by atoms with Gasteiger partial charge in [-0.15, -0.1) is 0 Å². The molecule has 4 nitrogen and oxygen atoms in total. The molecule has 120 valence electrons. The van der Waals surface area contributed by atoms with E-state index in [0.717, 1.165) is 34.6 Å². The van der Waals surface area contributed by atoms with Crippen molar-refractivity contribution >= 4 is 6.29 Å². The number of methoxy groups -OCH3 is 2. The van der Waals surface area contributed by atoms with E-state index < -0.39 is 0 Å². The van der Waals surface area contributed by atoms with Crippen LogP contribution in [0.2, 0.25) is 0 Å². The zero-order valence-electron chi connectivity index (χ0n) is 13.5. The summed E-state index contributed by atoms with van der Waals surface area (Å²) in [6.07, 6.45) is 0.824. The van der Waals surface area contributed by atoms with Gasteiger partial charge in [0.25, 0.3) is 0 Å². The molecule has 4 heteroatoms. The van der Waals surface area contributed by atoms with Crippen LogP contribution in [0.5, 0.6) is 11.5 Å². The van der Waals surface area contributed by atoms with Gasteiger partial charge in [-0.1, -0.05) is 0 Å². The first-order chi connectivity index (χ1) is 11.7. The topological polar surface area (TPSA) is 48.4 Å². The number of nitrogens with zero attached hydrogens (tertiary/aromatic N) is 1. The summed E-state index contributed by atoms with van der Waals surface area (Å²) >= 11 is 0. The van der Waals surface area contributed by atoms with Gasteiger partial charge < -0.3 is 9.47 Å². The normalized spacial score (nSPS) is 10.2. The Morgan fingerprint density at radius 3 is 1.79 bits per heavy atom. The molecule has 0 radical (unpaired) electrons. The molecule has 1 heterocycles. The molecular weight excluding hydrogens is 302 g/mol. The van der Waals surface area contributed by atoms with E-state index >= 15 is 0 Å². The molecule has 0 bridgehead atoms. The van der Waals surface area contributed by atoms with Gasteiger partial charge in [-0.3, -0.25) is 4.79 Å². The first-order valence-corrected chi connectivity index (χ1v) is 7.50. The average molecular weight is 319 g/mol. The van der Waals surface area contributed by atoms with Gasteiger partial charge in [-0.05, 0) is 60.7 Å². The van der Waals surface area contributed by atoms with E-state index in [1.54, 1.807) is 20.3 Å². The van der Waals surface area contributed by atoms with Crippen molar-refractivity contribution in [2.45, 2.75) is 0 Å². The molecule has 0 fully saturated rings. The lowest BCUT2D eigenvalue weighted by atomic mass is 10.0. The zero-order chi connectivity index (χ0) is 16.9. The largest absolute Gasteiger partial charge is 0.497 e. The van der Waals surface area contributed by atoms with Gasteiger partial charge in [0.1, 0.15) is 11.5 Å². The fraction of sp³-hybridized carbons (Fsp3) is 0.100. The van der Waals surface area contributed by atoms with Gasteiger partial charge in [0, 0.05) is 16.7 Å². The van der Waals surface area contributed by atoms with Crippen molar-refractivity contribution in [1.29, 1.82) is 0 Å². The lowest BCUT2D eigenvalue weighted by Crippen LogP contribution is -1.95. The van der Waals surface area contributed by atoms with Crippen LogP contribution in [0.3, 0.4) is 0 Å². The minimum absolute atomic E-state index is 0.553. The maximum absolute atomic E-state index is 11.4. The Kier molecular flexibility index (Phi) is 4.57. The average Bonchev–Trinajstić information content (AvgIpc) is 2.67. The van der Waals surface area contributed by atoms with Crippen molar-refractivity contribution in [3.8, 4) is 34.0 Å². The predicted octanol–water partition coefficient (Wildman–Crippen LogP) is 4.25. The fourth-order valence-electron chi connectivity index (χ4n) is 2.47. The molecule has 0 aliphatic rings. The molecule has 0 atom stereocenters. The maximum Gasteiger partial charge on any atom is 0.152 e. The van der Waals surface area contributed by atoms with Crippen LogP contribution in [0.4, 0.5) is 0 Å². The standard InChI is InChI=1S/C20H17NO3/c1-23-17-8-3-14(4-9-17)19-12-7-16(13-22)20(21-19)15-5-10-18(24-2)11-6-15/h3-13H,1-2H3. The van der Waals surface area contributed by atoms with Crippen molar-refractivity contribution in [3.05, 3.63) is 66.2 Å². The van der Waals surface area contributed by atoms with Crippen LogP contribution in [0.25, 0.3) is 22.5 Å². The third-order valence-electron chi connectivity index (χ3n) is 3.80. The van der Waals surface area contributed by atoms with Crippen LogP contribution in [0, 0.1) is 0 Å². The van der Waals surface area contributed by atoms with Crippen molar-refractivity contribution in [2.75, 3.05) is 14.2 Å². The van der Waals surface area contributed by atoms with Crippen LogP contribution >= 0.6 is 0 Å². The van der Waals surface area contributed by atoms with Crippen LogP contribution in [-0.2, 0) is 0 Å². The maximum atomic E-state index is 11.4. The highest BCUT2D eigenvalue weighted by Crippen LogP contribution is 2.27. The van der Waals surface area contributed by atoms with E-state index in [4.69, 9.17) is 9.47 Å². The Balaban J connectivity index is 2.05. The second kappa shape index (κ2) is 6.96. The van der Waals surface area contributed by atoms with Gasteiger partial charge in [0.05, 0.1) is 25.6 Å². The van der Waals surface area contributed by atoms with E-state index in [9.17, 15) is 4.79 Å². The fourth-order valence-corrected chi connectivity index (χ4v) is 2.47. The molecule has 0 spiro atoms. The van der Waals surface area contributed by atoms with Crippen molar-refractivity contribution < 1.29 is 14.3 Å². The quantitative estimate of drug-likeness (QED) is 0.660. The Bertz CT molecular complexity index is 840. The minimum atomic E-state index is 0.553. The Morgan fingerprint density at radius 2 is 1.29 bits per heavy atom. The summed E-state index contributed by atoms with van der Waals surface area (Å²) in [6, 6.07) is 18.8. The monoisotopic (exact) mass is 319 g/mol. The van der Waals surface area contributed by atoms with E-state index in [1.165, 1.54) is 0 Å². The SMILES string of the molecule is COc1ccc(-c2ccc(C=O)c(-c3ccc(OC)cc3)n2)cc1. The van der Waals surface area contributed by atoms with Gasteiger partial charge in [-0.2, -0.15) is 0 Å². The number of carbonyl (C=O) groups excluding carboxylic acids is 1. The Labute approximate surface area is 140 Å². The molecule has 2 aromatic carbocycles. The molecule has 24 heavy (non-hydrogen) atoms. The second-order valence-corrected chi connectivity index (χ2v) is 5.21. The number of hydrogen-bond acceptors (Lipinski definition) is 4. The Hall–Kier alpha value is -3.14. The summed E-state index contributed by atoms with van der Waals surface area (Å²) < 4.78 is 10.4. The number of aromatic nitrogens is 1. The molecule has 0 aliphatic carbocycles. The van der Waals surface area contributed by atoms with Crippen LogP contribution in [-0.4, -0.2) is 25.5 Å². The lowest BCUT2D eigenvalue weighted by molar-refractivity contribution is 0.112. The highest BCUT2D eigenvalue weighted by atomic mass is 16.5. The van der Waals surface area contributed by atoms with Crippen LogP contribution in [0.15, 0.2) is 60.7 Å². The van der Waals surface area contributed by atoms with E-state index in [0.29, 0.717) is 11.3 Å². The van der Waals surface area contributed by atoms with Crippen molar-refractivity contribution in [1.82, 2.24) is 4.98 Å². The van der Waals surface area contributed by atoms with Gasteiger partial charge in [-0.25, -0.2) is 4.98 Å². The van der Waals surface area contributed by atoms with Gasteiger partial charge in [0.2, 0.25) is 0 Å². The lowest BCUT2D eigenvalue weighted by Gasteiger charge is -2.09. The molecule has 1 aromatic heterocycles. The highest BCUT2D eigenvalue weighted by molar-refractivity contribution is 5.87. The summed E-state index contributed by atoms with van der Waals surface area (Å²) in [6.45, 7) is 0. The summed E-state index contributed by atoms with van der Waals surface area (Å²) in [7, 11) is 3.25. The number of ether oxygens (including phenoxy) is 2. The number of pyridine rings is 1. The third-order valence-corrected chi connectivity index (χ3v) is 3.80. The number of aldehydes is 1. The smallest absolute Gasteiger partial charge is 0.152 e. The van der Waals surface area contributed by atoms with Gasteiger partial charge >= 0.3 is 0 Å². The highest BCUT2D eigenvalue weighted by Gasteiger charge is 2.10. The van der Waals surface area contributed by atoms with Gasteiger partial charge in [0.15, 0.2) is 6.29 Å². The van der Waals surface area contributed by atoms with E-state index in [1.807, 2.05) is 54.6 Å². The molecule has 3 aromatic rings. The van der Waals surface area contributed by atoms with E-state index in [-0.39, 0.29) is 0 Å². The molecule has 0 N–H and O–H groups in total. The number of carbonyl (C=O) groups is 1. The summed E-state index contributed by atoms with van der Waals surface area (Å²) in [5, 5.41) is 0. The zero-order valence-corrected chi connectivity index (χ0v) is 13.5. The summed E-state index contributed by atoms with van der Waals surface area (Å²) in [5.41, 5.74) is 3.84. The molecular formula is C20H17NO3. The molecule has 0 saturated heterocycles. The van der Waals surface area contributed by atoms with E-state index in [2.05, 4.69) is 4.98 Å². The second-order valence-electron chi connectivity index (χ2n) is 5.21. The number of hydrogen-bond donors (Lipinski definition) is 0. The first kappa shape index (κ1) is 15.7.